The first kappa shape index (κ1) is 17.1. The molecule has 1 aromatic carbocycles. The van der Waals surface area contributed by atoms with E-state index in [0.717, 1.165) is 11.3 Å². The quantitative estimate of drug-likeness (QED) is 0.558. The van der Waals surface area contributed by atoms with E-state index in [4.69, 9.17) is 0 Å². The fourth-order valence-electron chi connectivity index (χ4n) is 3.83. The number of hydrogen-bond donors (Lipinski definition) is 4. The molecule has 4 rings (SSSR count). The smallest absolute Gasteiger partial charge is 0.328 e. The molecule has 4 N–H and O–H groups in total. The molecule has 0 bridgehead atoms. The number of carbonyl (C=O) groups is 1. The van der Waals surface area contributed by atoms with Crippen molar-refractivity contribution in [1.29, 1.82) is 0 Å². The van der Waals surface area contributed by atoms with Crippen LogP contribution in [-0.2, 0) is 6.42 Å². The van der Waals surface area contributed by atoms with Crippen molar-refractivity contribution in [2.24, 2.45) is 5.41 Å². The molecule has 7 heteroatoms. The minimum absolute atomic E-state index is 0.0975. The number of aromatic amines is 3. The summed E-state index contributed by atoms with van der Waals surface area (Å²) in [6.45, 7) is 4.03. The Morgan fingerprint density at radius 2 is 1.59 bits per heavy atom. The Kier molecular flexibility index (Phi) is 3.69. The molecule has 2 heterocycles. The van der Waals surface area contributed by atoms with Crippen molar-refractivity contribution < 1.29 is 9.90 Å². The second-order valence-corrected chi connectivity index (χ2v) is 7.67. The van der Waals surface area contributed by atoms with Crippen molar-refractivity contribution >= 4 is 5.78 Å². The topological polar surface area (TPSA) is 119 Å². The molecule has 1 aliphatic rings. The third-order valence-electron chi connectivity index (χ3n) is 4.89. The number of hydrogen-bond acceptors (Lipinski definition) is 4. The Labute approximate surface area is 154 Å². The van der Waals surface area contributed by atoms with Gasteiger partial charge in [-0.3, -0.25) is 19.6 Å². The number of benzene rings is 1. The van der Waals surface area contributed by atoms with Crippen LogP contribution >= 0.6 is 0 Å². The normalized spacial score (nSPS) is 15.6. The molecule has 1 aliphatic carbocycles. The molecule has 0 atom stereocenters. The number of carbonyl (C=O) groups excluding carboxylic acids is 1. The number of nitrogens with one attached hydrogen (secondary N) is 3. The standard InChI is InChI=1S/C20H19N3O4/c1-20(2)8-11-13(12(24)9-20)14(15-17(25)22-19(27)23-18(15)26)16(21-11)10-6-4-3-5-7-10/h3-7,21H,8-9H2,1-2H3,(H3,22,23,25,26,27). The van der Waals surface area contributed by atoms with Crippen molar-refractivity contribution in [2.45, 2.75) is 26.7 Å². The summed E-state index contributed by atoms with van der Waals surface area (Å²) in [5.41, 5.74) is 0.936. The third-order valence-corrected chi connectivity index (χ3v) is 4.89. The molecule has 2 aromatic heterocycles. The van der Waals surface area contributed by atoms with Crippen LogP contribution in [0.15, 0.2) is 39.9 Å². The predicted octanol–water partition coefficient (Wildman–Crippen LogP) is 2.59. The Bertz CT molecular complexity index is 1170. The molecule has 7 nitrogen and oxygen atoms in total. The third kappa shape index (κ3) is 2.81. The van der Waals surface area contributed by atoms with E-state index < -0.39 is 17.1 Å². The number of rotatable bonds is 2. The molecule has 138 valence electrons. The van der Waals surface area contributed by atoms with Gasteiger partial charge in [-0.1, -0.05) is 44.2 Å². The van der Waals surface area contributed by atoms with Gasteiger partial charge in [0, 0.05) is 23.2 Å². The monoisotopic (exact) mass is 365 g/mol. The van der Waals surface area contributed by atoms with Gasteiger partial charge in [-0.15, -0.1) is 0 Å². The van der Waals surface area contributed by atoms with Crippen LogP contribution in [0.4, 0.5) is 0 Å². The highest BCUT2D eigenvalue weighted by Crippen LogP contribution is 2.44. The molecule has 0 saturated carbocycles. The zero-order valence-electron chi connectivity index (χ0n) is 15.0. The van der Waals surface area contributed by atoms with Gasteiger partial charge in [0.1, 0.15) is 5.56 Å². The maximum Gasteiger partial charge on any atom is 0.328 e. The highest BCUT2D eigenvalue weighted by molar-refractivity contribution is 6.08. The lowest BCUT2D eigenvalue weighted by Crippen LogP contribution is -2.27. The summed E-state index contributed by atoms with van der Waals surface area (Å²) in [6, 6.07) is 9.27. The summed E-state index contributed by atoms with van der Waals surface area (Å²) in [6.07, 6.45) is 0.969. The minimum Gasteiger partial charge on any atom is -0.494 e. The van der Waals surface area contributed by atoms with Crippen LogP contribution in [0, 0.1) is 5.41 Å². The lowest BCUT2D eigenvalue weighted by Gasteiger charge is -2.28. The first-order valence-electron chi connectivity index (χ1n) is 8.66. The average Bonchev–Trinajstić information content (AvgIpc) is 2.92. The molecule has 0 unspecified atom stereocenters. The number of fused-ring (bicyclic) bond motifs is 1. The largest absolute Gasteiger partial charge is 0.494 e. The van der Waals surface area contributed by atoms with E-state index in [-0.39, 0.29) is 16.8 Å². The molecule has 0 radical (unpaired) electrons. The average molecular weight is 365 g/mol. The SMILES string of the molecule is CC1(C)CC(=O)c2c([nH]c(-c3ccccc3)c2-c2c(O)[nH]c(=O)[nH]c2=O)C1. The fourth-order valence-corrected chi connectivity index (χ4v) is 3.83. The summed E-state index contributed by atoms with van der Waals surface area (Å²) in [5.74, 6) is -0.653. The number of aromatic hydroxyl groups is 1. The molecule has 3 aromatic rings. The molecule has 0 amide bonds. The van der Waals surface area contributed by atoms with Gasteiger partial charge in [0.05, 0.1) is 5.69 Å². The molecular weight excluding hydrogens is 346 g/mol. The van der Waals surface area contributed by atoms with Crippen molar-refractivity contribution in [2.75, 3.05) is 0 Å². The van der Waals surface area contributed by atoms with Crippen LogP contribution in [0.1, 0.15) is 36.3 Å². The molecule has 0 spiro atoms. The van der Waals surface area contributed by atoms with E-state index in [9.17, 15) is 19.5 Å². The van der Waals surface area contributed by atoms with Crippen LogP contribution in [0.25, 0.3) is 22.4 Å². The van der Waals surface area contributed by atoms with E-state index in [1.54, 1.807) is 0 Å². The van der Waals surface area contributed by atoms with Crippen molar-refractivity contribution in [3.05, 3.63) is 62.4 Å². The van der Waals surface area contributed by atoms with Gasteiger partial charge in [0.2, 0.25) is 5.88 Å². The van der Waals surface area contributed by atoms with Gasteiger partial charge in [0.15, 0.2) is 5.78 Å². The van der Waals surface area contributed by atoms with Gasteiger partial charge in [-0.25, -0.2) is 4.79 Å². The van der Waals surface area contributed by atoms with Gasteiger partial charge in [-0.2, -0.15) is 0 Å². The van der Waals surface area contributed by atoms with Crippen molar-refractivity contribution in [3.8, 4) is 28.3 Å². The van der Waals surface area contributed by atoms with Gasteiger partial charge >= 0.3 is 5.69 Å². The van der Waals surface area contributed by atoms with E-state index in [1.807, 2.05) is 44.2 Å². The lowest BCUT2D eigenvalue weighted by molar-refractivity contribution is 0.0912. The zero-order valence-corrected chi connectivity index (χ0v) is 15.0. The molecule has 27 heavy (non-hydrogen) atoms. The number of aromatic nitrogens is 3. The van der Waals surface area contributed by atoms with Gasteiger partial charge in [-0.05, 0) is 17.4 Å². The van der Waals surface area contributed by atoms with E-state index in [2.05, 4.69) is 15.0 Å². The highest BCUT2D eigenvalue weighted by atomic mass is 16.3. The van der Waals surface area contributed by atoms with E-state index >= 15 is 0 Å². The summed E-state index contributed by atoms with van der Waals surface area (Å²) < 4.78 is 0. The van der Waals surface area contributed by atoms with Gasteiger partial charge in [0.25, 0.3) is 5.56 Å². The maximum atomic E-state index is 12.9. The fraction of sp³-hybridized carbons (Fsp3) is 0.250. The number of Topliss-reactive ketones (excluding diaryl/α,β-unsaturated/α-hetero) is 1. The van der Waals surface area contributed by atoms with Crippen LogP contribution in [0.3, 0.4) is 0 Å². The van der Waals surface area contributed by atoms with E-state index in [0.29, 0.717) is 29.7 Å². The second-order valence-electron chi connectivity index (χ2n) is 7.67. The van der Waals surface area contributed by atoms with Gasteiger partial charge < -0.3 is 10.1 Å². The highest BCUT2D eigenvalue weighted by Gasteiger charge is 2.37. The van der Waals surface area contributed by atoms with Crippen LogP contribution in [-0.4, -0.2) is 25.8 Å². The summed E-state index contributed by atoms with van der Waals surface area (Å²) in [7, 11) is 0. The second kappa shape index (κ2) is 5.84. The summed E-state index contributed by atoms with van der Waals surface area (Å²) in [5, 5.41) is 10.3. The first-order chi connectivity index (χ1) is 12.8. The minimum atomic E-state index is -0.806. The number of H-pyrrole nitrogens is 3. The van der Waals surface area contributed by atoms with Crippen molar-refractivity contribution in [3.63, 3.8) is 0 Å². The first-order valence-corrected chi connectivity index (χ1v) is 8.66. The maximum absolute atomic E-state index is 12.9. The summed E-state index contributed by atoms with van der Waals surface area (Å²) >= 11 is 0. The Morgan fingerprint density at radius 1 is 0.889 bits per heavy atom. The molecule has 0 fully saturated rings. The van der Waals surface area contributed by atoms with E-state index in [1.165, 1.54) is 0 Å². The summed E-state index contributed by atoms with van der Waals surface area (Å²) in [4.78, 5) is 44.6. The molecule has 0 saturated heterocycles. The van der Waals surface area contributed by atoms with Crippen LogP contribution < -0.4 is 11.2 Å². The van der Waals surface area contributed by atoms with Crippen molar-refractivity contribution in [1.82, 2.24) is 15.0 Å². The Morgan fingerprint density at radius 3 is 2.26 bits per heavy atom. The zero-order chi connectivity index (χ0) is 19.3. The molecular formula is C20H19N3O4. The number of ketones is 1. The molecule has 0 aliphatic heterocycles. The van der Waals surface area contributed by atoms with Crippen LogP contribution in [0.5, 0.6) is 5.88 Å². The Hall–Kier alpha value is -3.35. The predicted molar refractivity (Wildman–Crippen MR) is 101 cm³/mol. The lowest BCUT2D eigenvalue weighted by atomic mass is 9.75. The van der Waals surface area contributed by atoms with Crippen LogP contribution in [0.2, 0.25) is 0 Å². The Balaban J connectivity index is 2.10.